The summed E-state index contributed by atoms with van der Waals surface area (Å²) >= 11 is 0. The Kier molecular flexibility index (Phi) is 3.81. The molecule has 2 rings (SSSR count). The molecule has 0 aromatic heterocycles. The van der Waals surface area contributed by atoms with E-state index >= 15 is 0 Å². The Hall–Kier alpha value is -0.120. The molecule has 1 saturated carbocycles. The third-order valence-electron chi connectivity index (χ3n) is 4.17. The lowest BCUT2D eigenvalue weighted by Gasteiger charge is -2.39. The highest BCUT2D eigenvalue weighted by Gasteiger charge is 2.35. The third-order valence-corrected chi connectivity index (χ3v) is 4.17. The van der Waals surface area contributed by atoms with Crippen LogP contribution in [0.25, 0.3) is 0 Å². The molecule has 0 aromatic rings. The minimum absolute atomic E-state index is 0.211. The predicted octanol–water partition coefficient (Wildman–Crippen LogP) is 2.70. The zero-order chi connectivity index (χ0) is 12.5. The molecule has 100 valence electrons. The van der Waals surface area contributed by atoms with Crippen LogP contribution in [-0.2, 0) is 9.47 Å². The first-order chi connectivity index (χ1) is 7.89. The highest BCUT2D eigenvalue weighted by molar-refractivity contribution is 4.88. The van der Waals surface area contributed by atoms with Crippen LogP contribution in [0.5, 0.6) is 0 Å². The Labute approximate surface area is 105 Å². The van der Waals surface area contributed by atoms with Gasteiger partial charge in [-0.3, -0.25) is 0 Å². The fraction of sp³-hybridized carbons (Fsp3) is 1.00. The van der Waals surface area contributed by atoms with E-state index in [0.717, 1.165) is 6.54 Å². The van der Waals surface area contributed by atoms with Gasteiger partial charge in [0.05, 0.1) is 12.7 Å². The van der Waals surface area contributed by atoms with Crippen LogP contribution in [0.3, 0.4) is 0 Å². The van der Waals surface area contributed by atoms with Crippen LogP contribution < -0.4 is 5.32 Å². The van der Waals surface area contributed by atoms with Gasteiger partial charge < -0.3 is 14.8 Å². The summed E-state index contributed by atoms with van der Waals surface area (Å²) < 4.78 is 11.4. The monoisotopic (exact) mass is 241 g/mol. The third kappa shape index (κ3) is 3.43. The van der Waals surface area contributed by atoms with Crippen LogP contribution in [0.1, 0.15) is 53.4 Å². The molecule has 0 spiro atoms. The van der Waals surface area contributed by atoms with Crippen LogP contribution in [0.4, 0.5) is 0 Å². The maximum absolute atomic E-state index is 5.82. The second-order valence-electron chi connectivity index (χ2n) is 6.65. The van der Waals surface area contributed by atoms with Crippen molar-refractivity contribution in [1.29, 1.82) is 0 Å². The summed E-state index contributed by atoms with van der Waals surface area (Å²) in [4.78, 5) is 0. The molecule has 0 bridgehead atoms. The highest BCUT2D eigenvalue weighted by Crippen LogP contribution is 2.35. The van der Waals surface area contributed by atoms with Gasteiger partial charge in [0.15, 0.2) is 5.79 Å². The SMILES string of the molecule is CC1(C)OCC(CNC2CCCCC2(C)C)O1. The van der Waals surface area contributed by atoms with Crippen molar-refractivity contribution in [2.45, 2.75) is 71.3 Å². The molecule has 2 fully saturated rings. The van der Waals surface area contributed by atoms with Crippen molar-refractivity contribution in [1.82, 2.24) is 5.32 Å². The van der Waals surface area contributed by atoms with Gasteiger partial charge in [-0.15, -0.1) is 0 Å². The molecule has 0 radical (unpaired) electrons. The van der Waals surface area contributed by atoms with E-state index in [9.17, 15) is 0 Å². The van der Waals surface area contributed by atoms with Crippen molar-refractivity contribution in [3.63, 3.8) is 0 Å². The highest BCUT2D eigenvalue weighted by atomic mass is 16.7. The Morgan fingerprint density at radius 2 is 1.94 bits per heavy atom. The van der Waals surface area contributed by atoms with Gasteiger partial charge in [-0.25, -0.2) is 0 Å². The van der Waals surface area contributed by atoms with E-state index in [0.29, 0.717) is 18.1 Å². The summed E-state index contributed by atoms with van der Waals surface area (Å²) in [5, 5.41) is 3.69. The summed E-state index contributed by atoms with van der Waals surface area (Å²) in [6.45, 7) is 10.3. The van der Waals surface area contributed by atoms with E-state index in [1.165, 1.54) is 25.7 Å². The maximum atomic E-state index is 5.82. The normalized spacial score (nSPS) is 36.0. The van der Waals surface area contributed by atoms with Gasteiger partial charge in [-0.1, -0.05) is 26.7 Å². The molecule has 1 saturated heterocycles. The maximum Gasteiger partial charge on any atom is 0.163 e. The average Bonchev–Trinajstić information content (AvgIpc) is 2.56. The molecule has 1 heterocycles. The second kappa shape index (κ2) is 4.87. The predicted molar refractivity (Wildman–Crippen MR) is 68.9 cm³/mol. The summed E-state index contributed by atoms with van der Waals surface area (Å²) in [7, 11) is 0. The van der Waals surface area contributed by atoms with Gasteiger partial charge in [0.25, 0.3) is 0 Å². The molecular formula is C14H27NO2. The van der Waals surface area contributed by atoms with Crippen molar-refractivity contribution in [3.05, 3.63) is 0 Å². The van der Waals surface area contributed by atoms with Crippen LogP contribution in [-0.4, -0.2) is 31.1 Å². The number of nitrogens with one attached hydrogen (secondary N) is 1. The first-order valence-corrected chi connectivity index (χ1v) is 6.94. The van der Waals surface area contributed by atoms with Crippen LogP contribution in [0.2, 0.25) is 0 Å². The van der Waals surface area contributed by atoms with E-state index in [-0.39, 0.29) is 6.10 Å². The fourth-order valence-corrected chi connectivity index (χ4v) is 3.01. The standard InChI is InChI=1S/C14H27NO2/c1-13(2)8-6-5-7-12(13)15-9-11-10-16-14(3,4)17-11/h11-12,15H,5-10H2,1-4H3. The number of hydrogen-bond donors (Lipinski definition) is 1. The van der Waals surface area contributed by atoms with Crippen molar-refractivity contribution >= 4 is 0 Å². The van der Waals surface area contributed by atoms with Crippen molar-refractivity contribution < 1.29 is 9.47 Å². The van der Waals surface area contributed by atoms with E-state index in [4.69, 9.17) is 9.47 Å². The number of ether oxygens (including phenoxy) is 2. The van der Waals surface area contributed by atoms with Gasteiger partial charge >= 0.3 is 0 Å². The number of hydrogen-bond acceptors (Lipinski definition) is 3. The van der Waals surface area contributed by atoms with E-state index in [1.54, 1.807) is 0 Å². The summed E-state index contributed by atoms with van der Waals surface area (Å²) in [6.07, 6.45) is 5.57. The van der Waals surface area contributed by atoms with Crippen LogP contribution in [0.15, 0.2) is 0 Å². The minimum atomic E-state index is -0.394. The molecule has 1 aliphatic carbocycles. The van der Waals surface area contributed by atoms with Gasteiger partial charge in [0.2, 0.25) is 0 Å². The first-order valence-electron chi connectivity index (χ1n) is 6.94. The second-order valence-corrected chi connectivity index (χ2v) is 6.65. The van der Waals surface area contributed by atoms with E-state index in [1.807, 2.05) is 13.8 Å². The smallest absolute Gasteiger partial charge is 0.163 e. The molecule has 3 heteroatoms. The molecule has 0 aromatic carbocycles. The summed E-state index contributed by atoms with van der Waals surface area (Å²) in [6, 6.07) is 0.628. The van der Waals surface area contributed by atoms with Crippen molar-refractivity contribution in [3.8, 4) is 0 Å². The summed E-state index contributed by atoms with van der Waals surface area (Å²) in [5.41, 5.74) is 0.424. The van der Waals surface area contributed by atoms with Gasteiger partial charge in [-0.05, 0) is 32.1 Å². The quantitative estimate of drug-likeness (QED) is 0.824. The molecule has 1 aliphatic heterocycles. The Morgan fingerprint density at radius 3 is 2.53 bits per heavy atom. The topological polar surface area (TPSA) is 30.5 Å². The molecule has 1 N–H and O–H groups in total. The first kappa shape index (κ1) is 13.3. The molecule has 2 unspecified atom stereocenters. The van der Waals surface area contributed by atoms with Crippen LogP contribution in [0, 0.1) is 5.41 Å². The average molecular weight is 241 g/mol. The van der Waals surface area contributed by atoms with Gasteiger partial charge in [0.1, 0.15) is 0 Å². The zero-order valence-electron chi connectivity index (χ0n) is 11.7. The van der Waals surface area contributed by atoms with Crippen LogP contribution >= 0.6 is 0 Å². The molecule has 3 nitrogen and oxygen atoms in total. The zero-order valence-corrected chi connectivity index (χ0v) is 11.7. The molecule has 2 aliphatic rings. The van der Waals surface area contributed by atoms with Gasteiger partial charge in [0, 0.05) is 12.6 Å². The molecule has 0 amide bonds. The lowest BCUT2D eigenvalue weighted by atomic mass is 9.73. The molecular weight excluding hydrogens is 214 g/mol. The largest absolute Gasteiger partial charge is 0.348 e. The summed E-state index contributed by atoms with van der Waals surface area (Å²) in [5.74, 6) is -0.394. The minimum Gasteiger partial charge on any atom is -0.348 e. The lowest BCUT2D eigenvalue weighted by molar-refractivity contribution is -0.138. The molecule has 17 heavy (non-hydrogen) atoms. The van der Waals surface area contributed by atoms with E-state index in [2.05, 4.69) is 19.2 Å². The molecule has 2 atom stereocenters. The fourth-order valence-electron chi connectivity index (χ4n) is 3.01. The number of rotatable bonds is 3. The van der Waals surface area contributed by atoms with Gasteiger partial charge in [-0.2, -0.15) is 0 Å². The van der Waals surface area contributed by atoms with Crippen molar-refractivity contribution in [2.75, 3.05) is 13.2 Å². The Balaban J connectivity index is 1.78. The van der Waals surface area contributed by atoms with E-state index < -0.39 is 5.79 Å². The lowest BCUT2D eigenvalue weighted by Crippen LogP contribution is -2.47. The van der Waals surface area contributed by atoms with Crippen molar-refractivity contribution in [2.24, 2.45) is 5.41 Å². The Bertz CT molecular complexity index is 263. The Morgan fingerprint density at radius 1 is 1.18 bits per heavy atom.